The summed E-state index contributed by atoms with van der Waals surface area (Å²) in [6.07, 6.45) is 5.67. The van der Waals surface area contributed by atoms with Crippen LogP contribution in [0.5, 0.6) is 5.88 Å². The molecule has 1 amide bonds. The lowest BCUT2D eigenvalue weighted by Crippen LogP contribution is -2.38. The fourth-order valence-electron chi connectivity index (χ4n) is 4.56. The molecule has 0 saturated heterocycles. The second-order valence-electron chi connectivity index (χ2n) is 8.84. The molecule has 0 bridgehead atoms. The third kappa shape index (κ3) is 4.95. The molecule has 10 nitrogen and oxygen atoms in total. The number of methoxy groups -OCH3 is 1. The van der Waals surface area contributed by atoms with Crippen LogP contribution in [-0.2, 0) is 17.8 Å². The average molecular weight is 439 g/mol. The quantitative estimate of drug-likeness (QED) is 0.517. The Morgan fingerprint density at radius 3 is 2.91 bits per heavy atom. The molecule has 0 radical (unpaired) electrons. The molecule has 0 spiro atoms. The minimum absolute atomic E-state index is 0.0850. The van der Waals surface area contributed by atoms with E-state index in [0.717, 1.165) is 24.2 Å². The van der Waals surface area contributed by atoms with E-state index in [1.54, 1.807) is 7.11 Å². The number of aromatic nitrogens is 7. The predicted molar refractivity (Wildman–Crippen MR) is 119 cm³/mol. The first-order chi connectivity index (χ1) is 15.4. The summed E-state index contributed by atoms with van der Waals surface area (Å²) in [7, 11) is 1.61. The summed E-state index contributed by atoms with van der Waals surface area (Å²) in [5.41, 5.74) is 2.94. The lowest BCUT2D eigenvalue weighted by atomic mass is 9.70. The van der Waals surface area contributed by atoms with E-state index in [1.165, 1.54) is 16.6 Å². The lowest BCUT2D eigenvalue weighted by Gasteiger charge is -2.37. The molecule has 3 aromatic rings. The zero-order valence-corrected chi connectivity index (χ0v) is 18.9. The van der Waals surface area contributed by atoms with E-state index in [-0.39, 0.29) is 12.5 Å². The minimum atomic E-state index is -0.0850. The third-order valence-corrected chi connectivity index (χ3v) is 6.33. The minimum Gasteiger partial charge on any atom is -0.481 e. The van der Waals surface area contributed by atoms with E-state index < -0.39 is 0 Å². The van der Waals surface area contributed by atoms with Gasteiger partial charge in [-0.1, -0.05) is 25.5 Å². The van der Waals surface area contributed by atoms with Crippen LogP contribution in [0.3, 0.4) is 0 Å². The summed E-state index contributed by atoms with van der Waals surface area (Å²) in [6, 6.07) is 3.79. The van der Waals surface area contributed by atoms with Crippen molar-refractivity contribution in [3.8, 4) is 5.88 Å². The highest BCUT2D eigenvalue weighted by Gasteiger charge is 2.32. The normalized spacial score (nSPS) is 21.0. The van der Waals surface area contributed by atoms with Gasteiger partial charge in [0.05, 0.1) is 12.6 Å². The Kier molecular flexibility index (Phi) is 6.48. The smallest absolute Gasteiger partial charge is 0.241 e. The molecule has 0 saturated carbocycles. The molecule has 4 rings (SSSR count). The number of carbonyl (C=O) groups is 1. The van der Waals surface area contributed by atoms with Gasteiger partial charge in [0, 0.05) is 19.0 Å². The van der Waals surface area contributed by atoms with Crippen molar-refractivity contribution in [2.24, 2.45) is 23.7 Å². The number of nitrogens with one attached hydrogen (secondary N) is 2. The van der Waals surface area contributed by atoms with Crippen LogP contribution in [0.2, 0.25) is 0 Å². The van der Waals surface area contributed by atoms with Gasteiger partial charge in [0.25, 0.3) is 0 Å². The number of tetrazole rings is 1. The van der Waals surface area contributed by atoms with Crippen molar-refractivity contribution >= 4 is 17.1 Å². The van der Waals surface area contributed by atoms with Gasteiger partial charge >= 0.3 is 0 Å². The Morgan fingerprint density at radius 2 is 2.19 bits per heavy atom. The van der Waals surface area contributed by atoms with Crippen molar-refractivity contribution in [1.82, 2.24) is 40.5 Å². The Balaban J connectivity index is 1.43. The van der Waals surface area contributed by atoms with Crippen molar-refractivity contribution in [2.75, 3.05) is 13.7 Å². The van der Waals surface area contributed by atoms with E-state index in [0.29, 0.717) is 41.7 Å². The van der Waals surface area contributed by atoms with Gasteiger partial charge in [-0.2, -0.15) is 4.98 Å². The number of hydrogen-bond donors (Lipinski definition) is 2. The van der Waals surface area contributed by atoms with Crippen LogP contribution in [0.25, 0.3) is 11.2 Å². The molecular weight excluding hydrogens is 408 g/mol. The second kappa shape index (κ2) is 9.46. The largest absolute Gasteiger partial charge is 0.481 e. The number of amides is 1. The van der Waals surface area contributed by atoms with Gasteiger partial charge in [0.2, 0.25) is 11.8 Å². The Hall–Kier alpha value is -3.30. The zero-order chi connectivity index (χ0) is 22.7. The molecule has 3 atom stereocenters. The summed E-state index contributed by atoms with van der Waals surface area (Å²) in [6.45, 7) is 7.43. The standard InChI is InChI=1S/C22H30N8O2/c1-13(2)17-8-15(9-19-25-18-5-6-21(32-4)27-22(18)26-19)14(3)7-16(17)10-23-20(31)11-30-12-24-28-29-30/h5-7,12-13,15-17H,8-11H2,1-4H3,(H,23,31)(H,25,26,27)/t15-,16-,17-/m0/s1. The molecule has 1 aliphatic rings. The Morgan fingerprint density at radius 1 is 1.34 bits per heavy atom. The van der Waals surface area contributed by atoms with Gasteiger partial charge in [0.15, 0.2) is 5.65 Å². The van der Waals surface area contributed by atoms with Crippen LogP contribution in [0.1, 0.15) is 33.0 Å². The summed E-state index contributed by atoms with van der Waals surface area (Å²) >= 11 is 0. The molecule has 1 aliphatic carbocycles. The van der Waals surface area contributed by atoms with E-state index in [9.17, 15) is 4.79 Å². The van der Waals surface area contributed by atoms with Crippen LogP contribution in [-0.4, -0.2) is 54.7 Å². The number of H-pyrrole nitrogens is 1. The Labute approximate surface area is 186 Å². The number of carbonyl (C=O) groups excluding carboxylic acids is 1. The van der Waals surface area contributed by atoms with Crippen LogP contribution in [0.15, 0.2) is 30.1 Å². The van der Waals surface area contributed by atoms with E-state index in [2.05, 4.69) is 62.6 Å². The van der Waals surface area contributed by atoms with Crippen molar-refractivity contribution < 1.29 is 9.53 Å². The molecule has 32 heavy (non-hydrogen) atoms. The van der Waals surface area contributed by atoms with E-state index in [4.69, 9.17) is 4.74 Å². The number of nitrogens with zero attached hydrogens (tertiary/aromatic N) is 6. The molecule has 3 aromatic heterocycles. The lowest BCUT2D eigenvalue weighted by molar-refractivity contribution is -0.122. The molecular formula is C22H30N8O2. The van der Waals surface area contributed by atoms with E-state index in [1.807, 2.05) is 12.1 Å². The van der Waals surface area contributed by atoms with Gasteiger partial charge in [-0.05, 0) is 53.5 Å². The monoisotopic (exact) mass is 438 g/mol. The van der Waals surface area contributed by atoms with Gasteiger partial charge in [0.1, 0.15) is 18.7 Å². The predicted octanol–water partition coefficient (Wildman–Crippen LogP) is 2.17. The third-order valence-electron chi connectivity index (χ3n) is 6.33. The van der Waals surface area contributed by atoms with Crippen LogP contribution < -0.4 is 10.1 Å². The van der Waals surface area contributed by atoms with Crippen molar-refractivity contribution in [3.05, 3.63) is 35.9 Å². The number of fused-ring (bicyclic) bond motifs is 1. The number of imidazole rings is 1. The molecule has 2 N–H and O–H groups in total. The van der Waals surface area contributed by atoms with Gasteiger partial charge in [-0.3, -0.25) is 4.79 Å². The zero-order valence-electron chi connectivity index (χ0n) is 18.9. The number of hydrogen-bond acceptors (Lipinski definition) is 7. The van der Waals surface area contributed by atoms with Gasteiger partial charge in [-0.25, -0.2) is 9.67 Å². The average Bonchev–Trinajstić information content (AvgIpc) is 3.42. The molecule has 0 aromatic carbocycles. The second-order valence-corrected chi connectivity index (χ2v) is 8.84. The Bertz CT molecular complexity index is 1090. The molecule has 10 heteroatoms. The van der Waals surface area contributed by atoms with Crippen LogP contribution >= 0.6 is 0 Å². The SMILES string of the molecule is COc1ccc2[nH]c(C[C@@H]3C[C@@H](C(C)C)[C@H](CNC(=O)Cn4cnnn4)C=C3C)nc2n1. The first kappa shape index (κ1) is 21.9. The molecule has 3 heterocycles. The molecule has 0 fully saturated rings. The summed E-state index contributed by atoms with van der Waals surface area (Å²) in [4.78, 5) is 24.8. The highest BCUT2D eigenvalue weighted by molar-refractivity contribution is 5.75. The topological polar surface area (TPSA) is 124 Å². The maximum atomic E-state index is 12.3. The van der Waals surface area contributed by atoms with Crippen molar-refractivity contribution in [1.29, 1.82) is 0 Å². The fraction of sp³-hybridized carbons (Fsp3) is 0.545. The molecule has 0 aliphatic heterocycles. The van der Waals surface area contributed by atoms with E-state index >= 15 is 0 Å². The van der Waals surface area contributed by atoms with Crippen LogP contribution in [0.4, 0.5) is 0 Å². The highest BCUT2D eigenvalue weighted by Crippen LogP contribution is 2.38. The molecule has 170 valence electrons. The van der Waals surface area contributed by atoms with Crippen molar-refractivity contribution in [2.45, 2.75) is 40.2 Å². The fourth-order valence-corrected chi connectivity index (χ4v) is 4.56. The summed E-state index contributed by atoms with van der Waals surface area (Å²) in [5.74, 6) is 3.09. The maximum Gasteiger partial charge on any atom is 0.241 e. The van der Waals surface area contributed by atoms with Gasteiger partial charge in [-0.15, -0.1) is 5.10 Å². The highest BCUT2D eigenvalue weighted by atomic mass is 16.5. The number of aromatic amines is 1. The first-order valence-corrected chi connectivity index (χ1v) is 11.0. The molecule has 0 unspecified atom stereocenters. The number of pyridine rings is 1. The van der Waals surface area contributed by atoms with Crippen molar-refractivity contribution in [3.63, 3.8) is 0 Å². The first-order valence-electron chi connectivity index (χ1n) is 11.0. The van der Waals surface area contributed by atoms with Gasteiger partial charge < -0.3 is 15.0 Å². The summed E-state index contributed by atoms with van der Waals surface area (Å²) < 4.78 is 6.63. The maximum absolute atomic E-state index is 12.3. The number of rotatable bonds is 8. The summed E-state index contributed by atoms with van der Waals surface area (Å²) in [5, 5.41) is 13.9. The van der Waals surface area contributed by atoms with Crippen LogP contribution in [0, 0.1) is 23.7 Å². The number of allylic oxidation sites excluding steroid dienone is 1. The number of ether oxygens (including phenoxy) is 1.